The number of hydrogen-bond donors (Lipinski definition) is 0. The predicted octanol–water partition coefficient (Wildman–Crippen LogP) is 0.849. The van der Waals surface area contributed by atoms with Gasteiger partial charge in [0.2, 0.25) is 0 Å². The molecule has 2 nitrogen and oxygen atoms in total. The number of hydrogen-bond acceptors (Lipinski definition) is 1. The molecule has 0 N–H and O–H groups in total. The molecule has 63 valence electrons. The monoisotopic (exact) mass is 153 g/mol. The summed E-state index contributed by atoms with van der Waals surface area (Å²) >= 11 is 0. The minimum Gasteiger partial charge on any atom is -0.299 e. The molecule has 2 heteroatoms. The summed E-state index contributed by atoms with van der Waals surface area (Å²) in [6.07, 6.45) is 5.59. The fraction of sp³-hybridized carbons (Fsp3) is 1.00. The third-order valence-corrected chi connectivity index (χ3v) is 2.87. The van der Waals surface area contributed by atoms with Crippen molar-refractivity contribution in [3.63, 3.8) is 0 Å². The number of rotatable bonds is 1. The summed E-state index contributed by atoms with van der Waals surface area (Å²) in [5.41, 5.74) is 0. The SMILES string of the molecule is C1CCN(C2CC[N]C2)CC1. The maximum absolute atomic E-state index is 4.40. The lowest BCUT2D eigenvalue weighted by molar-refractivity contribution is 0.173. The Labute approximate surface area is 69.0 Å². The van der Waals surface area contributed by atoms with Gasteiger partial charge in [0.25, 0.3) is 0 Å². The van der Waals surface area contributed by atoms with E-state index in [1.165, 1.54) is 38.8 Å². The van der Waals surface area contributed by atoms with Crippen LogP contribution in [0.3, 0.4) is 0 Å². The van der Waals surface area contributed by atoms with Crippen molar-refractivity contribution in [2.75, 3.05) is 26.2 Å². The van der Waals surface area contributed by atoms with Crippen LogP contribution in [-0.2, 0) is 0 Å². The van der Waals surface area contributed by atoms with E-state index >= 15 is 0 Å². The molecule has 2 aliphatic rings. The van der Waals surface area contributed by atoms with Gasteiger partial charge in [-0.3, -0.25) is 4.90 Å². The molecule has 0 amide bonds. The van der Waals surface area contributed by atoms with E-state index in [1.54, 1.807) is 0 Å². The zero-order chi connectivity index (χ0) is 7.52. The minimum atomic E-state index is 0.815. The Balaban J connectivity index is 1.82. The highest BCUT2D eigenvalue weighted by atomic mass is 15.2. The van der Waals surface area contributed by atoms with Gasteiger partial charge in [-0.25, -0.2) is 5.32 Å². The summed E-state index contributed by atoms with van der Waals surface area (Å²) in [6.45, 7) is 4.89. The van der Waals surface area contributed by atoms with Crippen molar-refractivity contribution in [3.8, 4) is 0 Å². The average Bonchev–Trinajstić information content (AvgIpc) is 2.58. The quantitative estimate of drug-likeness (QED) is 0.546. The first kappa shape index (κ1) is 7.56. The van der Waals surface area contributed by atoms with Gasteiger partial charge in [0, 0.05) is 19.1 Å². The predicted molar refractivity (Wildman–Crippen MR) is 45.7 cm³/mol. The fourth-order valence-electron chi connectivity index (χ4n) is 2.15. The summed E-state index contributed by atoms with van der Waals surface area (Å²) < 4.78 is 0. The van der Waals surface area contributed by atoms with Crippen molar-refractivity contribution < 1.29 is 0 Å². The Morgan fingerprint density at radius 3 is 2.55 bits per heavy atom. The topological polar surface area (TPSA) is 17.3 Å². The van der Waals surface area contributed by atoms with Gasteiger partial charge in [0.1, 0.15) is 0 Å². The first-order valence-electron chi connectivity index (χ1n) is 4.84. The van der Waals surface area contributed by atoms with E-state index in [1.807, 2.05) is 0 Å². The van der Waals surface area contributed by atoms with E-state index in [9.17, 15) is 0 Å². The molecule has 0 aromatic carbocycles. The van der Waals surface area contributed by atoms with Crippen LogP contribution in [0.15, 0.2) is 0 Å². The Kier molecular flexibility index (Phi) is 2.44. The Morgan fingerprint density at radius 2 is 1.91 bits per heavy atom. The first-order chi connectivity index (χ1) is 5.47. The van der Waals surface area contributed by atoms with E-state index in [2.05, 4.69) is 10.2 Å². The van der Waals surface area contributed by atoms with E-state index in [0.717, 1.165) is 19.1 Å². The molecular weight excluding hydrogens is 136 g/mol. The second-order valence-electron chi connectivity index (χ2n) is 3.67. The van der Waals surface area contributed by atoms with Crippen LogP contribution < -0.4 is 5.32 Å². The molecule has 11 heavy (non-hydrogen) atoms. The molecule has 0 aromatic rings. The van der Waals surface area contributed by atoms with Gasteiger partial charge in [-0.05, 0) is 32.4 Å². The maximum atomic E-state index is 4.40. The highest BCUT2D eigenvalue weighted by Gasteiger charge is 2.23. The molecule has 2 heterocycles. The molecule has 1 unspecified atom stereocenters. The minimum absolute atomic E-state index is 0.815. The van der Waals surface area contributed by atoms with Crippen molar-refractivity contribution in [1.82, 2.24) is 10.2 Å². The first-order valence-corrected chi connectivity index (χ1v) is 4.84. The second kappa shape index (κ2) is 3.55. The molecule has 0 aliphatic carbocycles. The molecule has 2 saturated heterocycles. The van der Waals surface area contributed by atoms with Crippen LogP contribution in [0.25, 0.3) is 0 Å². The summed E-state index contributed by atoms with van der Waals surface area (Å²) in [4.78, 5) is 2.64. The number of likely N-dealkylation sites (tertiary alicyclic amines) is 1. The average molecular weight is 153 g/mol. The molecule has 2 rings (SSSR count). The van der Waals surface area contributed by atoms with Crippen LogP contribution >= 0.6 is 0 Å². The maximum Gasteiger partial charge on any atom is 0.0290 e. The van der Waals surface area contributed by atoms with E-state index < -0.39 is 0 Å². The third-order valence-electron chi connectivity index (χ3n) is 2.87. The van der Waals surface area contributed by atoms with Gasteiger partial charge in [0.15, 0.2) is 0 Å². The normalized spacial score (nSPS) is 34.4. The van der Waals surface area contributed by atoms with Crippen LogP contribution in [0.2, 0.25) is 0 Å². The number of nitrogens with zero attached hydrogens (tertiary/aromatic N) is 2. The Morgan fingerprint density at radius 1 is 1.09 bits per heavy atom. The van der Waals surface area contributed by atoms with Crippen LogP contribution in [0.4, 0.5) is 0 Å². The van der Waals surface area contributed by atoms with Crippen LogP contribution in [0.5, 0.6) is 0 Å². The van der Waals surface area contributed by atoms with Gasteiger partial charge in [-0.1, -0.05) is 6.42 Å². The van der Waals surface area contributed by atoms with Crippen LogP contribution in [0, 0.1) is 0 Å². The fourth-order valence-corrected chi connectivity index (χ4v) is 2.15. The van der Waals surface area contributed by atoms with Crippen LogP contribution in [0.1, 0.15) is 25.7 Å². The molecule has 0 bridgehead atoms. The summed E-state index contributed by atoms with van der Waals surface area (Å²) in [5, 5.41) is 4.40. The Hall–Kier alpha value is -0.0800. The Bertz CT molecular complexity index is 113. The van der Waals surface area contributed by atoms with Crippen molar-refractivity contribution in [1.29, 1.82) is 0 Å². The summed E-state index contributed by atoms with van der Waals surface area (Å²) in [5.74, 6) is 0. The highest BCUT2D eigenvalue weighted by Crippen LogP contribution is 2.16. The molecule has 2 aliphatic heterocycles. The van der Waals surface area contributed by atoms with Crippen molar-refractivity contribution >= 4 is 0 Å². The lowest BCUT2D eigenvalue weighted by atomic mass is 10.1. The van der Waals surface area contributed by atoms with Crippen molar-refractivity contribution in [2.45, 2.75) is 31.7 Å². The molecule has 2 fully saturated rings. The summed E-state index contributed by atoms with van der Waals surface area (Å²) in [6, 6.07) is 0.815. The van der Waals surface area contributed by atoms with Gasteiger partial charge >= 0.3 is 0 Å². The van der Waals surface area contributed by atoms with E-state index in [4.69, 9.17) is 0 Å². The van der Waals surface area contributed by atoms with Crippen LogP contribution in [-0.4, -0.2) is 37.1 Å². The standard InChI is InChI=1S/C9H17N2/c1-2-6-11(7-3-1)9-4-5-10-8-9/h9H,1-8H2. The lowest BCUT2D eigenvalue weighted by Crippen LogP contribution is -2.39. The molecular formula is C9H17N2. The van der Waals surface area contributed by atoms with E-state index in [0.29, 0.717) is 0 Å². The van der Waals surface area contributed by atoms with Gasteiger partial charge in [0.05, 0.1) is 0 Å². The van der Waals surface area contributed by atoms with Gasteiger partial charge in [-0.15, -0.1) is 0 Å². The molecule has 1 radical (unpaired) electrons. The second-order valence-corrected chi connectivity index (χ2v) is 3.67. The zero-order valence-corrected chi connectivity index (χ0v) is 7.13. The molecule has 0 spiro atoms. The van der Waals surface area contributed by atoms with Gasteiger partial charge < -0.3 is 0 Å². The molecule has 0 aromatic heterocycles. The lowest BCUT2D eigenvalue weighted by Gasteiger charge is -2.31. The summed E-state index contributed by atoms with van der Waals surface area (Å²) in [7, 11) is 0. The van der Waals surface area contributed by atoms with Crippen molar-refractivity contribution in [3.05, 3.63) is 0 Å². The smallest absolute Gasteiger partial charge is 0.0290 e. The third kappa shape index (κ3) is 1.74. The highest BCUT2D eigenvalue weighted by molar-refractivity contribution is 4.81. The zero-order valence-electron chi connectivity index (χ0n) is 7.13. The van der Waals surface area contributed by atoms with Crippen molar-refractivity contribution in [2.24, 2.45) is 0 Å². The molecule has 1 atom stereocenters. The number of piperidine rings is 1. The largest absolute Gasteiger partial charge is 0.299 e. The van der Waals surface area contributed by atoms with E-state index in [-0.39, 0.29) is 0 Å². The molecule has 0 saturated carbocycles. The van der Waals surface area contributed by atoms with Gasteiger partial charge in [-0.2, -0.15) is 0 Å².